The van der Waals surface area contributed by atoms with Gasteiger partial charge in [0.2, 0.25) is 0 Å². The summed E-state index contributed by atoms with van der Waals surface area (Å²) >= 11 is 0. The Morgan fingerprint density at radius 3 is 2.71 bits per heavy atom. The summed E-state index contributed by atoms with van der Waals surface area (Å²) in [6, 6.07) is 4.50. The minimum atomic E-state index is -0.268. The van der Waals surface area contributed by atoms with Crippen LogP contribution in [0, 0.1) is 5.82 Å². The second-order valence-corrected chi connectivity index (χ2v) is 3.25. The van der Waals surface area contributed by atoms with Crippen molar-refractivity contribution in [1.82, 2.24) is 9.97 Å². The fourth-order valence-corrected chi connectivity index (χ4v) is 1.37. The largest absolute Gasteiger partial charge is 0.362 e. The summed E-state index contributed by atoms with van der Waals surface area (Å²) in [5, 5.41) is 0.734. The molecule has 0 saturated carbocycles. The first kappa shape index (κ1) is 8.87. The van der Waals surface area contributed by atoms with Gasteiger partial charge in [0.1, 0.15) is 18.0 Å². The highest BCUT2D eigenvalue weighted by Gasteiger charge is 2.05. The minimum Gasteiger partial charge on any atom is -0.362 e. The molecule has 2 rings (SSSR count). The number of halogens is 1. The van der Waals surface area contributed by atoms with Crippen LogP contribution in [0.15, 0.2) is 24.5 Å². The summed E-state index contributed by atoms with van der Waals surface area (Å²) in [6.45, 7) is 0. The molecule has 0 radical (unpaired) electrons. The number of fused-ring (bicyclic) bond motifs is 1. The van der Waals surface area contributed by atoms with Crippen molar-refractivity contribution >= 4 is 16.7 Å². The van der Waals surface area contributed by atoms with Crippen LogP contribution in [0.4, 0.5) is 10.2 Å². The average Bonchev–Trinajstić information content (AvgIpc) is 2.16. The molecule has 0 N–H and O–H groups in total. The predicted molar refractivity (Wildman–Crippen MR) is 53.8 cm³/mol. The van der Waals surface area contributed by atoms with Gasteiger partial charge in [-0.3, -0.25) is 0 Å². The highest BCUT2D eigenvalue weighted by atomic mass is 19.1. The molecule has 3 nitrogen and oxygen atoms in total. The van der Waals surface area contributed by atoms with Gasteiger partial charge in [0, 0.05) is 19.5 Å². The maximum Gasteiger partial charge on any atom is 0.139 e. The van der Waals surface area contributed by atoms with E-state index in [1.807, 2.05) is 19.0 Å². The predicted octanol–water partition coefficient (Wildman–Crippen LogP) is 1.83. The summed E-state index contributed by atoms with van der Waals surface area (Å²) in [5.74, 6) is 0.463. The van der Waals surface area contributed by atoms with Crippen molar-refractivity contribution in [2.24, 2.45) is 0 Å². The third-order valence-corrected chi connectivity index (χ3v) is 2.00. The molecule has 0 aliphatic carbocycles. The van der Waals surface area contributed by atoms with Gasteiger partial charge in [0.15, 0.2) is 0 Å². The van der Waals surface area contributed by atoms with Crippen molar-refractivity contribution in [3.8, 4) is 0 Å². The highest BCUT2D eigenvalue weighted by molar-refractivity contribution is 5.89. The minimum absolute atomic E-state index is 0.268. The normalized spacial score (nSPS) is 10.5. The van der Waals surface area contributed by atoms with Crippen molar-refractivity contribution in [2.75, 3.05) is 19.0 Å². The Morgan fingerprint density at radius 2 is 2.00 bits per heavy atom. The van der Waals surface area contributed by atoms with Gasteiger partial charge < -0.3 is 4.90 Å². The highest BCUT2D eigenvalue weighted by Crippen LogP contribution is 2.21. The van der Waals surface area contributed by atoms with Crippen LogP contribution in [0.5, 0.6) is 0 Å². The number of nitrogens with zero attached hydrogens (tertiary/aromatic N) is 3. The van der Waals surface area contributed by atoms with E-state index in [-0.39, 0.29) is 5.82 Å². The van der Waals surface area contributed by atoms with E-state index >= 15 is 0 Å². The average molecular weight is 191 g/mol. The zero-order chi connectivity index (χ0) is 10.1. The second-order valence-electron chi connectivity index (χ2n) is 3.25. The zero-order valence-corrected chi connectivity index (χ0v) is 8.03. The summed E-state index contributed by atoms with van der Waals surface area (Å²) in [5.41, 5.74) is 0.755. The van der Waals surface area contributed by atoms with Crippen LogP contribution in [0.1, 0.15) is 0 Å². The summed E-state index contributed by atoms with van der Waals surface area (Å²) in [7, 11) is 3.74. The Kier molecular flexibility index (Phi) is 2.04. The summed E-state index contributed by atoms with van der Waals surface area (Å²) in [4.78, 5) is 9.99. The molecule has 0 saturated heterocycles. The number of anilines is 1. The SMILES string of the molecule is CN(C)c1ncnc2ccc(F)cc12. The molecule has 0 amide bonds. The van der Waals surface area contributed by atoms with Gasteiger partial charge in [0.25, 0.3) is 0 Å². The van der Waals surface area contributed by atoms with Gasteiger partial charge in [-0.2, -0.15) is 0 Å². The third kappa shape index (κ3) is 1.39. The molecule has 1 aromatic carbocycles. The van der Waals surface area contributed by atoms with E-state index in [0.29, 0.717) is 0 Å². The third-order valence-electron chi connectivity index (χ3n) is 2.00. The number of benzene rings is 1. The summed E-state index contributed by atoms with van der Waals surface area (Å²) < 4.78 is 13.0. The Balaban J connectivity index is 2.77. The quantitative estimate of drug-likeness (QED) is 0.688. The molecule has 1 heterocycles. The summed E-state index contributed by atoms with van der Waals surface area (Å²) in [6.07, 6.45) is 1.48. The van der Waals surface area contributed by atoms with Crippen molar-refractivity contribution in [3.05, 3.63) is 30.3 Å². The first-order valence-corrected chi connectivity index (χ1v) is 4.26. The number of aromatic nitrogens is 2. The number of hydrogen-bond acceptors (Lipinski definition) is 3. The van der Waals surface area contributed by atoms with E-state index in [1.54, 1.807) is 6.07 Å². The van der Waals surface area contributed by atoms with E-state index in [0.717, 1.165) is 16.7 Å². The molecule has 0 aliphatic rings. The zero-order valence-electron chi connectivity index (χ0n) is 8.03. The Hall–Kier alpha value is -1.71. The molecule has 0 unspecified atom stereocenters. The molecule has 0 atom stereocenters. The lowest BCUT2D eigenvalue weighted by molar-refractivity contribution is 0.629. The van der Waals surface area contributed by atoms with Gasteiger partial charge in [-0.25, -0.2) is 14.4 Å². The van der Waals surface area contributed by atoms with Crippen molar-refractivity contribution in [1.29, 1.82) is 0 Å². The topological polar surface area (TPSA) is 29.0 Å². The van der Waals surface area contributed by atoms with E-state index in [9.17, 15) is 4.39 Å². The van der Waals surface area contributed by atoms with Crippen molar-refractivity contribution in [2.45, 2.75) is 0 Å². The first-order chi connectivity index (χ1) is 6.68. The fourth-order valence-electron chi connectivity index (χ4n) is 1.37. The Morgan fingerprint density at radius 1 is 1.21 bits per heavy atom. The van der Waals surface area contributed by atoms with Crippen molar-refractivity contribution < 1.29 is 4.39 Å². The van der Waals surface area contributed by atoms with E-state index in [1.165, 1.54) is 18.5 Å². The molecule has 0 spiro atoms. The molecular weight excluding hydrogens is 181 g/mol. The second kappa shape index (κ2) is 3.21. The monoisotopic (exact) mass is 191 g/mol. The van der Waals surface area contributed by atoms with Crippen LogP contribution in [-0.2, 0) is 0 Å². The standard InChI is InChI=1S/C10H10FN3/c1-14(2)10-8-5-7(11)3-4-9(8)12-6-13-10/h3-6H,1-2H3. The lowest BCUT2D eigenvalue weighted by Crippen LogP contribution is -2.11. The lowest BCUT2D eigenvalue weighted by atomic mass is 10.2. The van der Waals surface area contributed by atoms with E-state index < -0.39 is 0 Å². The van der Waals surface area contributed by atoms with Gasteiger partial charge in [-0.15, -0.1) is 0 Å². The Bertz CT molecular complexity index is 468. The lowest BCUT2D eigenvalue weighted by Gasteiger charge is -2.12. The van der Waals surface area contributed by atoms with Gasteiger partial charge in [-0.05, 0) is 18.2 Å². The van der Waals surface area contributed by atoms with Gasteiger partial charge in [0.05, 0.1) is 5.52 Å². The van der Waals surface area contributed by atoms with Gasteiger partial charge in [-0.1, -0.05) is 0 Å². The Labute approximate surface area is 81.2 Å². The van der Waals surface area contributed by atoms with Crippen molar-refractivity contribution in [3.63, 3.8) is 0 Å². The number of hydrogen-bond donors (Lipinski definition) is 0. The maximum atomic E-state index is 13.0. The van der Waals surface area contributed by atoms with Crippen LogP contribution in [-0.4, -0.2) is 24.1 Å². The molecule has 0 fully saturated rings. The van der Waals surface area contributed by atoms with Gasteiger partial charge >= 0.3 is 0 Å². The molecule has 0 aliphatic heterocycles. The van der Waals surface area contributed by atoms with E-state index in [4.69, 9.17) is 0 Å². The molecule has 1 aromatic heterocycles. The van der Waals surface area contributed by atoms with Crippen LogP contribution in [0.25, 0.3) is 10.9 Å². The molecule has 0 bridgehead atoms. The first-order valence-electron chi connectivity index (χ1n) is 4.26. The molecule has 14 heavy (non-hydrogen) atoms. The fraction of sp³-hybridized carbons (Fsp3) is 0.200. The van der Waals surface area contributed by atoms with Crippen LogP contribution in [0.2, 0.25) is 0 Å². The smallest absolute Gasteiger partial charge is 0.139 e. The molecular formula is C10H10FN3. The number of rotatable bonds is 1. The van der Waals surface area contributed by atoms with E-state index in [2.05, 4.69) is 9.97 Å². The van der Waals surface area contributed by atoms with Crippen LogP contribution in [0.3, 0.4) is 0 Å². The molecule has 2 aromatic rings. The molecule has 4 heteroatoms. The van der Waals surface area contributed by atoms with Crippen LogP contribution < -0.4 is 4.90 Å². The van der Waals surface area contributed by atoms with Crippen LogP contribution >= 0.6 is 0 Å². The molecule has 72 valence electrons. The maximum absolute atomic E-state index is 13.0.